The summed E-state index contributed by atoms with van der Waals surface area (Å²) >= 11 is 0. The fraction of sp³-hybridized carbons (Fsp3) is 0.200. The maximum absolute atomic E-state index is 10.6. The molecule has 0 aliphatic carbocycles. The van der Waals surface area contributed by atoms with Crippen molar-refractivity contribution in [3.05, 3.63) is 35.2 Å². The third-order valence-electron chi connectivity index (χ3n) is 1.68. The van der Waals surface area contributed by atoms with E-state index in [1.165, 1.54) is 0 Å². The minimum Gasteiger partial charge on any atom is -0.298 e. The lowest BCUT2D eigenvalue weighted by Crippen LogP contribution is -1.92. The Kier molecular flexibility index (Phi) is 2.75. The number of nitrogens with zero attached hydrogens (tertiary/aromatic N) is 1. The molecule has 62 valence electrons. The van der Waals surface area contributed by atoms with Crippen molar-refractivity contribution in [2.75, 3.05) is 0 Å². The lowest BCUT2D eigenvalue weighted by molar-refractivity contribution is 0.112. The number of rotatable bonds is 2. The molecule has 0 aliphatic rings. The lowest BCUT2D eigenvalue weighted by Gasteiger charge is -2.00. The summed E-state index contributed by atoms with van der Waals surface area (Å²) in [6.45, 7) is 3.81. The number of aryl methyl sites for hydroxylation is 1. The Labute approximate surface area is 71.9 Å². The van der Waals surface area contributed by atoms with E-state index in [0.29, 0.717) is 5.56 Å². The SMILES string of the molecule is C/C=C\c1c(C=O)ccnc1C. The van der Waals surface area contributed by atoms with E-state index in [1.807, 2.05) is 26.0 Å². The van der Waals surface area contributed by atoms with Crippen LogP contribution in [-0.2, 0) is 0 Å². The van der Waals surface area contributed by atoms with E-state index in [-0.39, 0.29) is 0 Å². The van der Waals surface area contributed by atoms with Gasteiger partial charge in [0.05, 0.1) is 0 Å². The molecule has 0 aliphatic heterocycles. The fourth-order valence-corrected chi connectivity index (χ4v) is 1.08. The molecule has 0 spiro atoms. The molecule has 0 amide bonds. The predicted octanol–water partition coefficient (Wildman–Crippen LogP) is 2.24. The third kappa shape index (κ3) is 1.59. The summed E-state index contributed by atoms with van der Waals surface area (Å²) in [4.78, 5) is 14.7. The number of hydrogen-bond acceptors (Lipinski definition) is 2. The molecule has 0 fully saturated rings. The molecule has 1 heterocycles. The molecule has 0 aromatic carbocycles. The molecule has 1 rings (SSSR count). The minimum atomic E-state index is 0.695. The average molecular weight is 161 g/mol. The summed E-state index contributed by atoms with van der Waals surface area (Å²) in [5, 5.41) is 0. The van der Waals surface area contributed by atoms with Gasteiger partial charge in [-0.05, 0) is 19.9 Å². The van der Waals surface area contributed by atoms with Gasteiger partial charge in [0.2, 0.25) is 0 Å². The highest BCUT2D eigenvalue weighted by atomic mass is 16.1. The maximum Gasteiger partial charge on any atom is 0.150 e. The summed E-state index contributed by atoms with van der Waals surface area (Å²) in [6, 6.07) is 1.72. The summed E-state index contributed by atoms with van der Waals surface area (Å²) in [7, 11) is 0. The summed E-state index contributed by atoms with van der Waals surface area (Å²) < 4.78 is 0. The van der Waals surface area contributed by atoms with Crippen molar-refractivity contribution in [3.8, 4) is 0 Å². The smallest absolute Gasteiger partial charge is 0.150 e. The van der Waals surface area contributed by atoms with Crippen LogP contribution in [0.25, 0.3) is 6.08 Å². The molecule has 0 bridgehead atoms. The van der Waals surface area contributed by atoms with Crippen molar-refractivity contribution in [1.82, 2.24) is 4.98 Å². The Hall–Kier alpha value is -1.44. The van der Waals surface area contributed by atoms with Crippen molar-refractivity contribution in [3.63, 3.8) is 0 Å². The van der Waals surface area contributed by atoms with Gasteiger partial charge in [-0.15, -0.1) is 0 Å². The number of aromatic nitrogens is 1. The van der Waals surface area contributed by atoms with Crippen LogP contribution in [0.4, 0.5) is 0 Å². The maximum atomic E-state index is 10.6. The van der Waals surface area contributed by atoms with Crippen LogP contribution in [0, 0.1) is 6.92 Å². The van der Waals surface area contributed by atoms with Gasteiger partial charge in [-0.25, -0.2) is 0 Å². The first kappa shape index (κ1) is 8.65. The largest absolute Gasteiger partial charge is 0.298 e. The first-order valence-corrected chi connectivity index (χ1v) is 3.83. The Bertz CT molecular complexity index is 316. The molecular formula is C10H11NO. The Morgan fingerprint density at radius 3 is 2.83 bits per heavy atom. The van der Waals surface area contributed by atoms with Crippen molar-refractivity contribution in [1.29, 1.82) is 0 Å². The van der Waals surface area contributed by atoms with Gasteiger partial charge >= 0.3 is 0 Å². The Morgan fingerprint density at radius 1 is 1.50 bits per heavy atom. The zero-order chi connectivity index (χ0) is 8.97. The quantitative estimate of drug-likeness (QED) is 0.622. The number of aldehydes is 1. The van der Waals surface area contributed by atoms with E-state index in [4.69, 9.17) is 0 Å². The highest BCUT2D eigenvalue weighted by Gasteiger charge is 2.00. The van der Waals surface area contributed by atoms with Crippen LogP contribution in [-0.4, -0.2) is 11.3 Å². The van der Waals surface area contributed by atoms with Gasteiger partial charge in [-0.1, -0.05) is 12.2 Å². The predicted molar refractivity (Wildman–Crippen MR) is 49.1 cm³/mol. The second kappa shape index (κ2) is 3.81. The first-order chi connectivity index (χ1) is 5.79. The number of allylic oxidation sites excluding steroid dienone is 1. The van der Waals surface area contributed by atoms with Gasteiger partial charge in [0, 0.05) is 23.0 Å². The summed E-state index contributed by atoms with van der Waals surface area (Å²) in [6.07, 6.45) is 6.29. The second-order valence-electron chi connectivity index (χ2n) is 2.52. The topological polar surface area (TPSA) is 30.0 Å². The molecule has 0 unspecified atom stereocenters. The molecule has 0 saturated heterocycles. The highest BCUT2D eigenvalue weighted by molar-refractivity contribution is 5.82. The van der Waals surface area contributed by atoms with Gasteiger partial charge in [-0.3, -0.25) is 9.78 Å². The number of carbonyl (C=O) groups excluding carboxylic acids is 1. The molecule has 1 aromatic heterocycles. The molecule has 2 nitrogen and oxygen atoms in total. The van der Waals surface area contributed by atoms with Gasteiger partial charge in [0.25, 0.3) is 0 Å². The van der Waals surface area contributed by atoms with Gasteiger partial charge < -0.3 is 0 Å². The monoisotopic (exact) mass is 161 g/mol. The normalized spacial score (nSPS) is 10.5. The minimum absolute atomic E-state index is 0.695. The van der Waals surface area contributed by atoms with Crippen LogP contribution in [0.3, 0.4) is 0 Å². The van der Waals surface area contributed by atoms with Gasteiger partial charge in [0.1, 0.15) is 0 Å². The van der Waals surface area contributed by atoms with E-state index < -0.39 is 0 Å². The van der Waals surface area contributed by atoms with E-state index in [1.54, 1.807) is 12.3 Å². The Balaban J connectivity index is 3.28. The molecule has 12 heavy (non-hydrogen) atoms. The molecule has 1 aromatic rings. The standard InChI is InChI=1S/C10H11NO/c1-3-4-10-8(2)11-6-5-9(10)7-12/h3-7H,1-2H3/b4-3-. The zero-order valence-electron chi connectivity index (χ0n) is 7.24. The average Bonchev–Trinajstić information content (AvgIpc) is 2.09. The number of hydrogen-bond donors (Lipinski definition) is 0. The van der Waals surface area contributed by atoms with Crippen LogP contribution in [0.1, 0.15) is 28.5 Å². The van der Waals surface area contributed by atoms with Crippen LogP contribution in [0.5, 0.6) is 0 Å². The van der Waals surface area contributed by atoms with Gasteiger partial charge in [-0.2, -0.15) is 0 Å². The van der Waals surface area contributed by atoms with Crippen LogP contribution in [0.2, 0.25) is 0 Å². The van der Waals surface area contributed by atoms with E-state index >= 15 is 0 Å². The summed E-state index contributed by atoms with van der Waals surface area (Å²) in [5.41, 5.74) is 2.49. The zero-order valence-corrected chi connectivity index (χ0v) is 7.24. The van der Waals surface area contributed by atoms with Crippen LogP contribution >= 0.6 is 0 Å². The van der Waals surface area contributed by atoms with E-state index in [2.05, 4.69) is 4.98 Å². The summed E-state index contributed by atoms with van der Waals surface area (Å²) in [5.74, 6) is 0. The molecule has 0 radical (unpaired) electrons. The van der Waals surface area contributed by atoms with Crippen molar-refractivity contribution < 1.29 is 4.79 Å². The van der Waals surface area contributed by atoms with E-state index in [9.17, 15) is 4.79 Å². The highest BCUT2D eigenvalue weighted by Crippen LogP contribution is 2.11. The van der Waals surface area contributed by atoms with Crippen molar-refractivity contribution in [2.45, 2.75) is 13.8 Å². The second-order valence-corrected chi connectivity index (χ2v) is 2.52. The van der Waals surface area contributed by atoms with Crippen LogP contribution < -0.4 is 0 Å². The van der Waals surface area contributed by atoms with Crippen molar-refractivity contribution >= 4 is 12.4 Å². The fourth-order valence-electron chi connectivity index (χ4n) is 1.08. The van der Waals surface area contributed by atoms with Crippen LogP contribution in [0.15, 0.2) is 18.3 Å². The first-order valence-electron chi connectivity index (χ1n) is 3.83. The number of carbonyl (C=O) groups is 1. The molecule has 0 atom stereocenters. The van der Waals surface area contributed by atoms with Gasteiger partial charge in [0.15, 0.2) is 6.29 Å². The molecule has 0 N–H and O–H groups in total. The third-order valence-corrected chi connectivity index (χ3v) is 1.68. The van der Waals surface area contributed by atoms with E-state index in [0.717, 1.165) is 17.5 Å². The Morgan fingerprint density at radius 2 is 2.25 bits per heavy atom. The molecule has 0 saturated carbocycles. The lowest BCUT2D eigenvalue weighted by atomic mass is 10.1. The molecular weight excluding hydrogens is 150 g/mol. The molecule has 2 heteroatoms. The number of pyridine rings is 1. The van der Waals surface area contributed by atoms with Crippen molar-refractivity contribution in [2.24, 2.45) is 0 Å².